The van der Waals surface area contributed by atoms with Gasteiger partial charge in [-0.05, 0) is 24.6 Å². The van der Waals surface area contributed by atoms with E-state index in [4.69, 9.17) is 4.74 Å². The summed E-state index contributed by atoms with van der Waals surface area (Å²) in [5, 5.41) is 2.76. The van der Waals surface area contributed by atoms with E-state index in [9.17, 15) is 4.79 Å². The number of hydrogen-bond acceptors (Lipinski definition) is 3. The van der Waals surface area contributed by atoms with E-state index in [1.54, 1.807) is 14.0 Å². The Labute approximate surface area is 94.3 Å². The number of carbonyl (C=O) groups excluding carboxylic acids is 1. The van der Waals surface area contributed by atoms with Crippen molar-refractivity contribution in [3.05, 3.63) is 29.8 Å². The van der Waals surface area contributed by atoms with Crippen molar-refractivity contribution in [1.82, 2.24) is 5.32 Å². The maximum Gasteiger partial charge on any atom is 0.249 e. The zero-order chi connectivity index (χ0) is 11.5. The molecule has 1 atom stereocenters. The van der Waals surface area contributed by atoms with Gasteiger partial charge in [-0.3, -0.25) is 9.79 Å². The summed E-state index contributed by atoms with van der Waals surface area (Å²) in [6.07, 6.45) is 0.632. The van der Waals surface area contributed by atoms with Crippen LogP contribution in [0, 0.1) is 0 Å². The highest BCUT2D eigenvalue weighted by atomic mass is 16.5. The molecule has 0 fully saturated rings. The number of aliphatic imine (C=N–C) groups is 1. The fraction of sp³-hybridized carbons (Fsp3) is 0.333. The molecule has 1 aromatic rings. The first kappa shape index (κ1) is 10.7. The molecule has 2 rings (SSSR count). The van der Waals surface area contributed by atoms with E-state index in [1.165, 1.54) is 0 Å². The summed E-state index contributed by atoms with van der Waals surface area (Å²) < 4.78 is 5.13. The Morgan fingerprint density at radius 2 is 2.31 bits per heavy atom. The smallest absolute Gasteiger partial charge is 0.249 e. The Morgan fingerprint density at radius 1 is 1.50 bits per heavy atom. The summed E-state index contributed by atoms with van der Waals surface area (Å²) in [5.41, 5.74) is 1.08. The number of methoxy groups -OCH3 is 1. The van der Waals surface area contributed by atoms with Gasteiger partial charge in [-0.15, -0.1) is 0 Å². The number of amides is 1. The lowest BCUT2D eigenvalue weighted by Gasteiger charge is -2.04. The Hall–Kier alpha value is -1.84. The molecule has 0 saturated heterocycles. The third kappa shape index (κ3) is 2.21. The van der Waals surface area contributed by atoms with Crippen LogP contribution in [0.25, 0.3) is 0 Å². The van der Waals surface area contributed by atoms with Crippen LogP contribution in [0.2, 0.25) is 0 Å². The molecule has 1 unspecified atom stereocenters. The van der Waals surface area contributed by atoms with Crippen LogP contribution in [0.1, 0.15) is 12.5 Å². The van der Waals surface area contributed by atoms with Crippen molar-refractivity contribution in [2.75, 3.05) is 7.11 Å². The fourth-order valence-electron chi connectivity index (χ4n) is 1.64. The van der Waals surface area contributed by atoms with E-state index in [0.29, 0.717) is 6.42 Å². The average molecular weight is 218 g/mol. The van der Waals surface area contributed by atoms with Gasteiger partial charge in [-0.1, -0.05) is 12.1 Å². The summed E-state index contributed by atoms with van der Waals surface area (Å²) in [6.45, 7) is 1.79. The molecule has 1 aliphatic heterocycles. The number of benzene rings is 1. The third-order valence-corrected chi connectivity index (χ3v) is 2.50. The van der Waals surface area contributed by atoms with E-state index >= 15 is 0 Å². The highest BCUT2D eigenvalue weighted by Crippen LogP contribution is 2.14. The van der Waals surface area contributed by atoms with Crippen LogP contribution in [0.15, 0.2) is 29.3 Å². The standard InChI is InChI=1S/C12H14N2O2/c1-8-12(15)14-11(13-8)7-9-4-3-5-10(6-9)16-2/h3-6,8H,7H2,1-2H3,(H,13,14,15). The second kappa shape index (κ2) is 4.35. The van der Waals surface area contributed by atoms with E-state index in [-0.39, 0.29) is 11.9 Å². The van der Waals surface area contributed by atoms with Gasteiger partial charge in [0.25, 0.3) is 0 Å². The highest BCUT2D eigenvalue weighted by molar-refractivity contribution is 6.06. The van der Waals surface area contributed by atoms with Crippen molar-refractivity contribution in [3.63, 3.8) is 0 Å². The molecule has 0 aromatic heterocycles. The quantitative estimate of drug-likeness (QED) is 0.827. The van der Waals surface area contributed by atoms with Gasteiger partial charge in [-0.2, -0.15) is 0 Å². The van der Waals surface area contributed by atoms with Crippen molar-refractivity contribution in [1.29, 1.82) is 0 Å². The van der Waals surface area contributed by atoms with Crippen molar-refractivity contribution >= 4 is 11.7 Å². The summed E-state index contributed by atoms with van der Waals surface area (Å²) in [5.74, 6) is 1.51. The lowest BCUT2D eigenvalue weighted by Crippen LogP contribution is -2.28. The number of rotatable bonds is 3. The average Bonchev–Trinajstić information content (AvgIpc) is 2.58. The minimum Gasteiger partial charge on any atom is -0.497 e. The van der Waals surface area contributed by atoms with Crippen LogP contribution in [-0.2, 0) is 11.2 Å². The molecule has 4 nitrogen and oxygen atoms in total. The molecule has 0 saturated carbocycles. The first-order chi connectivity index (χ1) is 7.69. The van der Waals surface area contributed by atoms with Crippen LogP contribution in [0.4, 0.5) is 0 Å². The molecular weight excluding hydrogens is 204 g/mol. The van der Waals surface area contributed by atoms with E-state index in [0.717, 1.165) is 17.1 Å². The normalized spacial score (nSPS) is 19.2. The summed E-state index contributed by atoms with van der Waals surface area (Å²) in [6, 6.07) is 7.48. The second-order valence-electron chi connectivity index (χ2n) is 3.77. The maximum atomic E-state index is 11.2. The van der Waals surface area contributed by atoms with Crippen LogP contribution < -0.4 is 10.1 Å². The van der Waals surface area contributed by atoms with Gasteiger partial charge >= 0.3 is 0 Å². The molecule has 1 amide bonds. The monoisotopic (exact) mass is 218 g/mol. The molecule has 0 aliphatic carbocycles. The molecule has 0 bridgehead atoms. The lowest BCUT2D eigenvalue weighted by molar-refractivity contribution is -0.119. The molecule has 84 valence electrons. The van der Waals surface area contributed by atoms with Gasteiger partial charge < -0.3 is 10.1 Å². The van der Waals surface area contributed by atoms with Crippen LogP contribution in [0.3, 0.4) is 0 Å². The Balaban J connectivity index is 2.10. The minimum atomic E-state index is -0.263. The van der Waals surface area contributed by atoms with E-state index in [1.807, 2.05) is 24.3 Å². The van der Waals surface area contributed by atoms with Gasteiger partial charge in [0.1, 0.15) is 17.6 Å². The van der Waals surface area contributed by atoms with Gasteiger partial charge in [0.15, 0.2) is 0 Å². The highest BCUT2D eigenvalue weighted by Gasteiger charge is 2.21. The van der Waals surface area contributed by atoms with Crippen molar-refractivity contribution in [2.24, 2.45) is 4.99 Å². The van der Waals surface area contributed by atoms with E-state index in [2.05, 4.69) is 10.3 Å². The number of amidine groups is 1. The Bertz CT molecular complexity index is 440. The Kier molecular flexibility index (Phi) is 2.90. The second-order valence-corrected chi connectivity index (χ2v) is 3.77. The fourth-order valence-corrected chi connectivity index (χ4v) is 1.64. The number of nitrogens with zero attached hydrogens (tertiary/aromatic N) is 1. The first-order valence-corrected chi connectivity index (χ1v) is 5.19. The van der Waals surface area contributed by atoms with Gasteiger partial charge in [0.2, 0.25) is 5.91 Å². The molecule has 4 heteroatoms. The van der Waals surface area contributed by atoms with Crippen LogP contribution >= 0.6 is 0 Å². The lowest BCUT2D eigenvalue weighted by atomic mass is 10.1. The summed E-state index contributed by atoms with van der Waals surface area (Å²) in [4.78, 5) is 15.5. The van der Waals surface area contributed by atoms with Crippen LogP contribution in [0.5, 0.6) is 5.75 Å². The van der Waals surface area contributed by atoms with Gasteiger partial charge in [0.05, 0.1) is 7.11 Å². The zero-order valence-corrected chi connectivity index (χ0v) is 9.36. The SMILES string of the molecule is COc1cccc(CC2=NC(C)C(=O)N2)c1. The van der Waals surface area contributed by atoms with Gasteiger partial charge in [0, 0.05) is 6.42 Å². The van der Waals surface area contributed by atoms with Crippen molar-refractivity contribution < 1.29 is 9.53 Å². The topological polar surface area (TPSA) is 50.7 Å². The molecular formula is C12H14N2O2. The molecule has 1 N–H and O–H groups in total. The third-order valence-electron chi connectivity index (χ3n) is 2.50. The number of hydrogen-bond donors (Lipinski definition) is 1. The predicted octanol–water partition coefficient (Wildman–Crippen LogP) is 1.15. The number of carbonyl (C=O) groups is 1. The minimum absolute atomic E-state index is 0.0297. The van der Waals surface area contributed by atoms with Crippen molar-refractivity contribution in [3.8, 4) is 5.75 Å². The molecule has 0 radical (unpaired) electrons. The maximum absolute atomic E-state index is 11.2. The summed E-state index contributed by atoms with van der Waals surface area (Å²) in [7, 11) is 1.63. The predicted molar refractivity (Wildman–Crippen MR) is 61.7 cm³/mol. The molecule has 1 aliphatic rings. The largest absolute Gasteiger partial charge is 0.497 e. The van der Waals surface area contributed by atoms with Crippen molar-refractivity contribution in [2.45, 2.75) is 19.4 Å². The first-order valence-electron chi connectivity index (χ1n) is 5.19. The molecule has 16 heavy (non-hydrogen) atoms. The summed E-state index contributed by atoms with van der Waals surface area (Å²) >= 11 is 0. The van der Waals surface area contributed by atoms with Gasteiger partial charge in [-0.25, -0.2) is 0 Å². The molecule has 1 aromatic carbocycles. The van der Waals surface area contributed by atoms with Crippen LogP contribution in [-0.4, -0.2) is 24.9 Å². The number of nitrogens with one attached hydrogen (secondary N) is 1. The van der Waals surface area contributed by atoms with E-state index < -0.39 is 0 Å². The zero-order valence-electron chi connectivity index (χ0n) is 9.36. The number of ether oxygens (including phenoxy) is 1. The Morgan fingerprint density at radius 3 is 2.94 bits per heavy atom. The molecule has 0 spiro atoms. The molecule has 1 heterocycles.